The van der Waals surface area contributed by atoms with E-state index < -0.39 is 0 Å². The average molecular weight is 295 g/mol. The summed E-state index contributed by atoms with van der Waals surface area (Å²) in [7, 11) is 0. The molecule has 56 valence electrons. The van der Waals surface area contributed by atoms with Crippen LogP contribution < -0.4 is 0 Å². The van der Waals surface area contributed by atoms with E-state index in [1.165, 1.54) is 13.7 Å². The van der Waals surface area contributed by atoms with Crippen LogP contribution >= 0.6 is 45.5 Å². The second-order valence-corrected chi connectivity index (χ2v) is 4.68. The third kappa shape index (κ3) is 1.27. The van der Waals surface area contributed by atoms with Crippen LogP contribution in [0, 0.1) is 3.57 Å². The van der Waals surface area contributed by atoms with E-state index in [0.29, 0.717) is 0 Å². The normalized spacial score (nSPS) is 10.7. The summed E-state index contributed by atoms with van der Waals surface area (Å²) in [6, 6.07) is 6.09. The van der Waals surface area contributed by atoms with Gasteiger partial charge in [-0.25, -0.2) is 0 Å². The Morgan fingerprint density at radius 2 is 2.09 bits per heavy atom. The lowest BCUT2D eigenvalue weighted by Crippen LogP contribution is -1.71. The van der Waals surface area contributed by atoms with Crippen molar-refractivity contribution in [1.29, 1.82) is 0 Å². The largest absolute Gasteiger partial charge is 0.142 e. The molecule has 11 heavy (non-hydrogen) atoms. The standard InChI is InChI=1S/C8H4ClIS/c9-6-1-2-7(10)5-3-4-11-8(5)6/h1-4H. The van der Waals surface area contributed by atoms with Crippen LogP contribution in [0.2, 0.25) is 5.02 Å². The Morgan fingerprint density at radius 1 is 1.27 bits per heavy atom. The minimum absolute atomic E-state index is 0.857. The fourth-order valence-corrected chi connectivity index (χ4v) is 2.93. The zero-order valence-corrected chi connectivity index (χ0v) is 9.20. The summed E-state index contributed by atoms with van der Waals surface area (Å²) >= 11 is 9.99. The second kappa shape index (κ2) is 2.92. The molecule has 0 saturated heterocycles. The smallest absolute Gasteiger partial charge is 0.0585 e. The molecule has 1 heterocycles. The van der Waals surface area contributed by atoms with Gasteiger partial charge in [-0.15, -0.1) is 11.3 Å². The number of hydrogen-bond donors (Lipinski definition) is 0. The van der Waals surface area contributed by atoms with Gasteiger partial charge < -0.3 is 0 Å². The highest BCUT2D eigenvalue weighted by atomic mass is 127. The van der Waals surface area contributed by atoms with Crippen molar-refractivity contribution in [2.75, 3.05) is 0 Å². The molecular formula is C8H4ClIS. The fourth-order valence-electron chi connectivity index (χ4n) is 0.994. The number of thiophene rings is 1. The third-order valence-electron chi connectivity index (χ3n) is 1.52. The van der Waals surface area contributed by atoms with Crippen LogP contribution in [-0.4, -0.2) is 0 Å². The van der Waals surface area contributed by atoms with Gasteiger partial charge in [-0.2, -0.15) is 0 Å². The predicted octanol–water partition coefficient (Wildman–Crippen LogP) is 4.16. The maximum Gasteiger partial charge on any atom is 0.0585 e. The zero-order chi connectivity index (χ0) is 7.84. The maximum absolute atomic E-state index is 5.98. The summed E-state index contributed by atoms with van der Waals surface area (Å²) in [5.41, 5.74) is 0. The molecule has 0 aliphatic carbocycles. The van der Waals surface area contributed by atoms with Crippen molar-refractivity contribution in [3.8, 4) is 0 Å². The monoisotopic (exact) mass is 294 g/mol. The topological polar surface area (TPSA) is 0 Å². The van der Waals surface area contributed by atoms with Gasteiger partial charge in [0.05, 0.1) is 9.72 Å². The minimum atomic E-state index is 0.857. The predicted molar refractivity (Wildman–Crippen MR) is 59.6 cm³/mol. The molecule has 0 atom stereocenters. The molecule has 0 saturated carbocycles. The van der Waals surface area contributed by atoms with E-state index in [2.05, 4.69) is 34.0 Å². The summed E-state index contributed by atoms with van der Waals surface area (Å²) in [5.74, 6) is 0. The molecule has 0 amide bonds. The molecule has 0 spiro atoms. The van der Waals surface area contributed by atoms with E-state index in [-0.39, 0.29) is 0 Å². The van der Waals surface area contributed by atoms with Crippen molar-refractivity contribution in [2.24, 2.45) is 0 Å². The Kier molecular flexibility index (Phi) is 2.08. The van der Waals surface area contributed by atoms with E-state index in [1.807, 2.05) is 12.1 Å². The zero-order valence-electron chi connectivity index (χ0n) is 5.47. The lowest BCUT2D eigenvalue weighted by atomic mass is 10.3. The van der Waals surface area contributed by atoms with Crippen LogP contribution in [0.3, 0.4) is 0 Å². The maximum atomic E-state index is 5.98. The van der Waals surface area contributed by atoms with E-state index in [9.17, 15) is 0 Å². The second-order valence-electron chi connectivity index (χ2n) is 2.19. The Hall–Kier alpha value is 0.200. The summed E-state index contributed by atoms with van der Waals surface area (Å²) < 4.78 is 2.46. The molecule has 1 aromatic heterocycles. The van der Waals surface area contributed by atoms with Crippen LogP contribution in [0.1, 0.15) is 0 Å². The molecule has 0 nitrogen and oxygen atoms in total. The molecule has 0 aliphatic rings. The summed E-state index contributed by atoms with van der Waals surface area (Å²) in [4.78, 5) is 0. The van der Waals surface area contributed by atoms with Gasteiger partial charge in [0.25, 0.3) is 0 Å². The molecule has 0 N–H and O–H groups in total. The fraction of sp³-hybridized carbons (Fsp3) is 0. The van der Waals surface area contributed by atoms with Gasteiger partial charge in [-0.1, -0.05) is 11.6 Å². The Labute approximate surface area is 87.3 Å². The van der Waals surface area contributed by atoms with E-state index in [1.54, 1.807) is 11.3 Å². The van der Waals surface area contributed by atoms with E-state index >= 15 is 0 Å². The van der Waals surface area contributed by atoms with Gasteiger partial charge in [0.15, 0.2) is 0 Å². The number of halogens is 2. The SMILES string of the molecule is Clc1ccc(I)c2ccsc12. The van der Waals surface area contributed by atoms with Crippen molar-refractivity contribution in [2.45, 2.75) is 0 Å². The van der Waals surface area contributed by atoms with Gasteiger partial charge in [0.2, 0.25) is 0 Å². The summed E-state index contributed by atoms with van der Waals surface area (Å²) in [6.45, 7) is 0. The lowest BCUT2D eigenvalue weighted by Gasteiger charge is -1.94. The van der Waals surface area contributed by atoms with Crippen molar-refractivity contribution < 1.29 is 0 Å². The first kappa shape index (κ1) is 7.83. The van der Waals surface area contributed by atoms with Crippen LogP contribution in [0.15, 0.2) is 23.6 Å². The minimum Gasteiger partial charge on any atom is -0.142 e. The molecule has 2 rings (SSSR count). The summed E-state index contributed by atoms with van der Waals surface area (Å²) in [6.07, 6.45) is 0. The van der Waals surface area contributed by atoms with Gasteiger partial charge in [0, 0.05) is 8.96 Å². The van der Waals surface area contributed by atoms with Gasteiger partial charge in [-0.3, -0.25) is 0 Å². The number of rotatable bonds is 0. The molecule has 0 unspecified atom stereocenters. The molecule has 0 aliphatic heterocycles. The molecule has 1 aromatic carbocycles. The van der Waals surface area contributed by atoms with Gasteiger partial charge >= 0.3 is 0 Å². The molecule has 0 radical (unpaired) electrons. The Bertz CT molecular complexity index is 358. The molecule has 0 bridgehead atoms. The first-order valence-corrected chi connectivity index (χ1v) is 5.44. The molecule has 2 aromatic rings. The van der Waals surface area contributed by atoms with Gasteiger partial charge in [0.1, 0.15) is 0 Å². The quantitative estimate of drug-likeness (QED) is 0.640. The summed E-state index contributed by atoms with van der Waals surface area (Å²) in [5, 5.41) is 4.19. The van der Waals surface area contributed by atoms with Crippen LogP contribution in [0.4, 0.5) is 0 Å². The third-order valence-corrected chi connectivity index (χ3v) is 3.83. The van der Waals surface area contributed by atoms with Crippen molar-refractivity contribution in [3.05, 3.63) is 32.2 Å². The molecular weight excluding hydrogens is 291 g/mol. The van der Waals surface area contributed by atoms with E-state index in [0.717, 1.165) is 5.02 Å². The van der Waals surface area contributed by atoms with Crippen molar-refractivity contribution in [3.63, 3.8) is 0 Å². The van der Waals surface area contributed by atoms with Crippen LogP contribution in [-0.2, 0) is 0 Å². The highest BCUT2D eigenvalue weighted by molar-refractivity contribution is 14.1. The first-order chi connectivity index (χ1) is 5.29. The molecule has 3 heteroatoms. The highest BCUT2D eigenvalue weighted by Gasteiger charge is 2.02. The number of hydrogen-bond acceptors (Lipinski definition) is 1. The highest BCUT2D eigenvalue weighted by Crippen LogP contribution is 2.31. The van der Waals surface area contributed by atoms with E-state index in [4.69, 9.17) is 11.6 Å². The van der Waals surface area contributed by atoms with Crippen molar-refractivity contribution in [1.82, 2.24) is 0 Å². The van der Waals surface area contributed by atoms with Crippen LogP contribution in [0.5, 0.6) is 0 Å². The number of fused-ring (bicyclic) bond motifs is 1. The first-order valence-electron chi connectivity index (χ1n) is 3.10. The average Bonchev–Trinajstić information content (AvgIpc) is 2.45. The van der Waals surface area contributed by atoms with Gasteiger partial charge in [-0.05, 0) is 46.2 Å². The van der Waals surface area contributed by atoms with Crippen molar-refractivity contribution >= 4 is 55.6 Å². The Balaban J connectivity index is 2.96. The number of benzene rings is 1. The van der Waals surface area contributed by atoms with Crippen LogP contribution in [0.25, 0.3) is 10.1 Å². The molecule has 0 fully saturated rings. The Morgan fingerprint density at radius 3 is 2.82 bits per heavy atom. The lowest BCUT2D eigenvalue weighted by molar-refractivity contribution is 1.78.